The largest absolute Gasteiger partial charge is 0.387 e. The Labute approximate surface area is 126 Å². The lowest BCUT2D eigenvalue weighted by atomic mass is 10.0. The molecule has 1 atom stereocenters. The number of benzene rings is 1. The van der Waals surface area contributed by atoms with E-state index in [0.717, 1.165) is 16.1 Å². The van der Waals surface area contributed by atoms with Gasteiger partial charge in [0.25, 0.3) is 0 Å². The highest BCUT2D eigenvalue weighted by molar-refractivity contribution is 7.05. The first-order valence-electron chi connectivity index (χ1n) is 5.93. The third-order valence-electron chi connectivity index (χ3n) is 2.80. The minimum Gasteiger partial charge on any atom is -0.387 e. The first-order chi connectivity index (χ1) is 8.99. The number of halogens is 2. The Balaban J connectivity index is 2.18. The summed E-state index contributed by atoms with van der Waals surface area (Å²) in [6.45, 7) is 4.07. The monoisotopic (exact) mass is 316 g/mol. The first-order valence-corrected chi connectivity index (χ1v) is 7.46. The van der Waals surface area contributed by atoms with Crippen LogP contribution in [0.15, 0.2) is 18.2 Å². The highest BCUT2D eigenvalue weighted by Gasteiger charge is 2.19. The van der Waals surface area contributed by atoms with Crippen molar-refractivity contribution in [1.29, 1.82) is 0 Å². The van der Waals surface area contributed by atoms with E-state index in [1.54, 1.807) is 12.1 Å². The normalized spacial score (nSPS) is 12.9. The molecular weight excluding hydrogens is 303 g/mol. The molecule has 0 aliphatic rings. The zero-order chi connectivity index (χ0) is 14.0. The Hall–Kier alpha value is -0.680. The van der Waals surface area contributed by atoms with E-state index >= 15 is 0 Å². The molecule has 0 spiro atoms. The predicted octanol–water partition coefficient (Wildman–Crippen LogP) is 4.24. The van der Waals surface area contributed by atoms with Gasteiger partial charge in [0.05, 0.1) is 26.7 Å². The fourth-order valence-electron chi connectivity index (χ4n) is 1.82. The summed E-state index contributed by atoms with van der Waals surface area (Å²) >= 11 is 13.1. The van der Waals surface area contributed by atoms with Gasteiger partial charge in [-0.15, -0.1) is 5.10 Å². The van der Waals surface area contributed by atoms with Crippen LogP contribution in [0.3, 0.4) is 0 Å². The van der Waals surface area contributed by atoms with Gasteiger partial charge in [-0.05, 0) is 35.1 Å². The molecular formula is C13H14Cl2N2OS. The molecule has 2 aromatic rings. The third kappa shape index (κ3) is 3.45. The molecule has 1 aromatic carbocycles. The van der Waals surface area contributed by atoms with Gasteiger partial charge in [0, 0.05) is 6.42 Å². The second kappa shape index (κ2) is 6.18. The van der Waals surface area contributed by atoms with E-state index in [-0.39, 0.29) is 5.92 Å². The SMILES string of the molecule is CC(C)c1nnsc1C(O)Cc1ccc(Cl)c(Cl)c1. The van der Waals surface area contributed by atoms with Crippen molar-refractivity contribution in [3.63, 3.8) is 0 Å². The van der Waals surface area contributed by atoms with E-state index in [1.807, 2.05) is 19.9 Å². The highest BCUT2D eigenvalue weighted by atomic mass is 35.5. The molecule has 19 heavy (non-hydrogen) atoms. The van der Waals surface area contributed by atoms with E-state index in [9.17, 15) is 5.11 Å². The van der Waals surface area contributed by atoms with Gasteiger partial charge in [0.1, 0.15) is 0 Å². The van der Waals surface area contributed by atoms with Crippen molar-refractivity contribution in [3.8, 4) is 0 Å². The van der Waals surface area contributed by atoms with Gasteiger partial charge in [-0.25, -0.2) is 0 Å². The predicted molar refractivity (Wildman–Crippen MR) is 79.1 cm³/mol. The number of hydrogen-bond donors (Lipinski definition) is 1. The van der Waals surface area contributed by atoms with E-state index < -0.39 is 6.10 Å². The van der Waals surface area contributed by atoms with Crippen LogP contribution in [0.2, 0.25) is 10.0 Å². The van der Waals surface area contributed by atoms with Crippen molar-refractivity contribution in [2.45, 2.75) is 32.3 Å². The van der Waals surface area contributed by atoms with Gasteiger partial charge in [0.15, 0.2) is 0 Å². The molecule has 0 saturated carbocycles. The van der Waals surface area contributed by atoms with Crippen molar-refractivity contribution in [2.75, 3.05) is 0 Å². The van der Waals surface area contributed by atoms with Gasteiger partial charge < -0.3 is 5.11 Å². The molecule has 1 aromatic heterocycles. The average molecular weight is 317 g/mol. The van der Waals surface area contributed by atoms with E-state index in [1.165, 1.54) is 11.5 Å². The maximum Gasteiger partial charge on any atom is 0.0957 e. The smallest absolute Gasteiger partial charge is 0.0957 e. The average Bonchev–Trinajstić information content (AvgIpc) is 2.83. The zero-order valence-corrected chi connectivity index (χ0v) is 12.9. The molecule has 0 saturated heterocycles. The molecule has 0 aliphatic carbocycles. The molecule has 1 heterocycles. The van der Waals surface area contributed by atoms with E-state index in [2.05, 4.69) is 9.59 Å². The van der Waals surface area contributed by atoms with Gasteiger partial charge >= 0.3 is 0 Å². The van der Waals surface area contributed by atoms with Crippen LogP contribution in [0, 0.1) is 0 Å². The molecule has 2 rings (SSSR count). The summed E-state index contributed by atoms with van der Waals surface area (Å²) in [7, 11) is 0. The van der Waals surface area contributed by atoms with Crippen LogP contribution < -0.4 is 0 Å². The second-order valence-electron chi connectivity index (χ2n) is 4.65. The Morgan fingerprint density at radius 3 is 2.63 bits per heavy atom. The molecule has 0 bridgehead atoms. The fourth-order valence-corrected chi connectivity index (χ4v) is 2.93. The van der Waals surface area contributed by atoms with Gasteiger partial charge in [-0.3, -0.25) is 0 Å². The van der Waals surface area contributed by atoms with Crippen LogP contribution in [0.1, 0.15) is 42.0 Å². The van der Waals surface area contributed by atoms with E-state index in [4.69, 9.17) is 23.2 Å². The first kappa shape index (κ1) is 14.7. The Bertz CT molecular complexity index is 572. The summed E-state index contributed by atoms with van der Waals surface area (Å²) < 4.78 is 3.92. The fraction of sp³-hybridized carbons (Fsp3) is 0.385. The lowest BCUT2D eigenvalue weighted by Crippen LogP contribution is -2.04. The topological polar surface area (TPSA) is 46.0 Å². The summed E-state index contributed by atoms with van der Waals surface area (Å²) in [5.41, 5.74) is 1.79. The van der Waals surface area contributed by atoms with Gasteiger partial charge in [-0.2, -0.15) is 0 Å². The van der Waals surface area contributed by atoms with E-state index in [0.29, 0.717) is 16.5 Å². The Morgan fingerprint density at radius 1 is 1.26 bits per heavy atom. The minimum atomic E-state index is -0.616. The summed E-state index contributed by atoms with van der Waals surface area (Å²) in [5, 5.41) is 15.4. The van der Waals surface area contributed by atoms with Crippen molar-refractivity contribution < 1.29 is 5.11 Å². The molecule has 0 fully saturated rings. The van der Waals surface area contributed by atoms with Crippen LogP contribution in [-0.2, 0) is 6.42 Å². The summed E-state index contributed by atoms with van der Waals surface area (Å²) in [6.07, 6.45) is -0.143. The van der Waals surface area contributed by atoms with Gasteiger partial charge in [-0.1, -0.05) is 47.6 Å². The van der Waals surface area contributed by atoms with Crippen molar-refractivity contribution in [1.82, 2.24) is 9.59 Å². The van der Waals surface area contributed by atoms with Crippen LogP contribution in [0.25, 0.3) is 0 Å². The molecule has 3 nitrogen and oxygen atoms in total. The van der Waals surface area contributed by atoms with Crippen LogP contribution in [0.4, 0.5) is 0 Å². The standard InChI is InChI=1S/C13H14Cl2N2OS/c1-7(2)12-13(19-17-16-12)11(18)6-8-3-4-9(14)10(15)5-8/h3-5,7,11,18H,6H2,1-2H3. The molecule has 1 unspecified atom stereocenters. The zero-order valence-electron chi connectivity index (χ0n) is 10.6. The quantitative estimate of drug-likeness (QED) is 0.917. The van der Waals surface area contributed by atoms with Crippen LogP contribution >= 0.6 is 34.7 Å². The minimum absolute atomic E-state index is 0.247. The number of aromatic nitrogens is 2. The number of rotatable bonds is 4. The summed E-state index contributed by atoms with van der Waals surface area (Å²) in [5.74, 6) is 0.247. The number of hydrogen-bond acceptors (Lipinski definition) is 4. The second-order valence-corrected chi connectivity index (χ2v) is 6.25. The number of aliphatic hydroxyl groups excluding tert-OH is 1. The van der Waals surface area contributed by atoms with Crippen molar-refractivity contribution in [2.24, 2.45) is 0 Å². The molecule has 0 amide bonds. The highest BCUT2D eigenvalue weighted by Crippen LogP contribution is 2.30. The molecule has 102 valence electrons. The number of nitrogens with zero attached hydrogens (tertiary/aromatic N) is 2. The third-order valence-corrected chi connectivity index (χ3v) is 4.38. The molecule has 0 aliphatic heterocycles. The molecule has 0 radical (unpaired) electrons. The van der Waals surface area contributed by atoms with Crippen LogP contribution in [0.5, 0.6) is 0 Å². The molecule has 1 N–H and O–H groups in total. The number of aliphatic hydroxyl groups is 1. The van der Waals surface area contributed by atoms with Gasteiger partial charge in [0.2, 0.25) is 0 Å². The molecule has 6 heteroatoms. The summed E-state index contributed by atoms with van der Waals surface area (Å²) in [4.78, 5) is 0.820. The lowest BCUT2D eigenvalue weighted by Gasteiger charge is -2.11. The Morgan fingerprint density at radius 2 is 2.00 bits per heavy atom. The van der Waals surface area contributed by atoms with Crippen LogP contribution in [-0.4, -0.2) is 14.7 Å². The maximum absolute atomic E-state index is 10.3. The maximum atomic E-state index is 10.3. The Kier molecular flexibility index (Phi) is 4.79. The van der Waals surface area contributed by atoms with Crippen molar-refractivity contribution in [3.05, 3.63) is 44.4 Å². The van der Waals surface area contributed by atoms with Crippen molar-refractivity contribution >= 4 is 34.7 Å². The summed E-state index contributed by atoms with van der Waals surface area (Å²) in [6, 6.07) is 5.37. The lowest BCUT2D eigenvalue weighted by molar-refractivity contribution is 0.180.